The number of halogens is 1. The summed E-state index contributed by atoms with van der Waals surface area (Å²) in [6, 6.07) is 15.2. The molecule has 0 saturated carbocycles. The van der Waals surface area contributed by atoms with Crippen molar-refractivity contribution in [2.24, 2.45) is 0 Å². The van der Waals surface area contributed by atoms with Crippen LogP contribution in [-0.4, -0.2) is 11.1 Å². The minimum absolute atomic E-state index is 0.123. The van der Waals surface area contributed by atoms with E-state index in [1.54, 1.807) is 11.8 Å². The quantitative estimate of drug-likeness (QED) is 0.549. The predicted octanol–water partition coefficient (Wildman–Crippen LogP) is 5.60. The molecule has 0 saturated heterocycles. The minimum Gasteiger partial charge on any atom is -0.360 e. The largest absolute Gasteiger partial charge is 0.360 e. The maximum atomic E-state index is 12.7. The average Bonchev–Trinajstić information content (AvgIpc) is 3.01. The summed E-state index contributed by atoms with van der Waals surface area (Å²) in [4.78, 5) is 13.6. The van der Waals surface area contributed by atoms with Crippen LogP contribution in [0, 0.1) is 13.8 Å². The van der Waals surface area contributed by atoms with E-state index in [-0.39, 0.29) is 5.91 Å². The van der Waals surface area contributed by atoms with E-state index in [4.69, 9.17) is 4.52 Å². The molecule has 3 rings (SSSR count). The van der Waals surface area contributed by atoms with Gasteiger partial charge in [0.15, 0.2) is 0 Å². The number of aromatic nitrogens is 1. The Morgan fingerprint density at radius 3 is 2.72 bits per heavy atom. The van der Waals surface area contributed by atoms with Crippen LogP contribution in [0.15, 0.2) is 62.4 Å². The van der Waals surface area contributed by atoms with E-state index in [0.717, 1.165) is 32.1 Å². The van der Waals surface area contributed by atoms with Crippen molar-refractivity contribution in [3.05, 3.63) is 75.6 Å². The molecular weight excluding hydrogens is 400 g/mol. The van der Waals surface area contributed by atoms with Crippen molar-refractivity contribution < 1.29 is 9.32 Å². The van der Waals surface area contributed by atoms with Gasteiger partial charge in [-0.1, -0.05) is 33.2 Å². The van der Waals surface area contributed by atoms with Crippen molar-refractivity contribution in [1.29, 1.82) is 0 Å². The van der Waals surface area contributed by atoms with Gasteiger partial charge < -0.3 is 9.84 Å². The van der Waals surface area contributed by atoms with E-state index < -0.39 is 0 Å². The van der Waals surface area contributed by atoms with Crippen LogP contribution >= 0.6 is 27.7 Å². The van der Waals surface area contributed by atoms with Crippen LogP contribution in [0.25, 0.3) is 0 Å². The summed E-state index contributed by atoms with van der Waals surface area (Å²) >= 11 is 4.99. The third-order valence-corrected chi connectivity index (χ3v) is 5.20. The summed E-state index contributed by atoms with van der Waals surface area (Å²) in [7, 11) is 0. The van der Waals surface area contributed by atoms with E-state index in [2.05, 4.69) is 26.4 Å². The molecule has 1 heterocycles. The molecule has 0 radical (unpaired) electrons. The van der Waals surface area contributed by atoms with E-state index in [9.17, 15) is 4.79 Å². The van der Waals surface area contributed by atoms with E-state index in [1.165, 1.54) is 0 Å². The number of anilines is 1. The fraction of sp³-hybridized carbons (Fsp3) is 0.158. The molecule has 0 aliphatic carbocycles. The monoisotopic (exact) mass is 416 g/mol. The second kappa shape index (κ2) is 7.89. The molecule has 2 aromatic carbocycles. The Labute approximate surface area is 159 Å². The molecule has 0 bridgehead atoms. The third kappa shape index (κ3) is 4.52. The lowest BCUT2D eigenvalue weighted by Gasteiger charge is -2.11. The van der Waals surface area contributed by atoms with Crippen molar-refractivity contribution in [2.75, 3.05) is 5.32 Å². The number of hydrogen-bond acceptors (Lipinski definition) is 4. The normalized spacial score (nSPS) is 10.7. The van der Waals surface area contributed by atoms with Gasteiger partial charge in [0, 0.05) is 21.1 Å². The van der Waals surface area contributed by atoms with Crippen LogP contribution in [0.5, 0.6) is 0 Å². The Morgan fingerprint density at radius 2 is 2.00 bits per heavy atom. The SMILES string of the molecule is Cc1cc(CSc2ccccc2C(=O)Nc2ccc(Br)cc2C)on1. The molecular formula is C19H17BrN2O2S. The van der Waals surface area contributed by atoms with Crippen LogP contribution in [-0.2, 0) is 5.75 Å². The molecule has 0 aliphatic rings. The average molecular weight is 417 g/mol. The zero-order chi connectivity index (χ0) is 17.8. The number of hydrogen-bond donors (Lipinski definition) is 1. The lowest BCUT2D eigenvalue weighted by atomic mass is 10.1. The molecule has 0 aliphatic heterocycles. The number of nitrogens with one attached hydrogen (secondary N) is 1. The van der Waals surface area contributed by atoms with E-state index in [1.807, 2.05) is 62.4 Å². The summed E-state index contributed by atoms with van der Waals surface area (Å²) < 4.78 is 6.22. The number of carbonyl (C=O) groups is 1. The first-order chi connectivity index (χ1) is 12.0. The molecule has 0 spiro atoms. The zero-order valence-corrected chi connectivity index (χ0v) is 16.3. The number of benzene rings is 2. The number of rotatable bonds is 5. The highest BCUT2D eigenvalue weighted by atomic mass is 79.9. The van der Waals surface area contributed by atoms with Crippen LogP contribution in [0.3, 0.4) is 0 Å². The van der Waals surface area contributed by atoms with Gasteiger partial charge in [-0.25, -0.2) is 0 Å². The van der Waals surface area contributed by atoms with Crippen molar-refractivity contribution in [1.82, 2.24) is 5.16 Å². The lowest BCUT2D eigenvalue weighted by molar-refractivity contribution is 0.102. The van der Waals surface area contributed by atoms with Crippen LogP contribution in [0.2, 0.25) is 0 Å². The van der Waals surface area contributed by atoms with E-state index in [0.29, 0.717) is 11.3 Å². The highest BCUT2D eigenvalue weighted by Crippen LogP contribution is 2.28. The maximum Gasteiger partial charge on any atom is 0.256 e. The second-order valence-corrected chi connectivity index (χ2v) is 7.57. The van der Waals surface area contributed by atoms with Gasteiger partial charge in [-0.3, -0.25) is 4.79 Å². The highest BCUT2D eigenvalue weighted by molar-refractivity contribution is 9.10. The van der Waals surface area contributed by atoms with Crippen LogP contribution < -0.4 is 5.32 Å². The predicted molar refractivity (Wildman–Crippen MR) is 104 cm³/mol. The van der Waals surface area contributed by atoms with Gasteiger partial charge in [0.1, 0.15) is 5.76 Å². The first-order valence-corrected chi connectivity index (χ1v) is 9.52. The Bertz CT molecular complexity index is 908. The van der Waals surface area contributed by atoms with Gasteiger partial charge >= 0.3 is 0 Å². The van der Waals surface area contributed by atoms with Gasteiger partial charge in [-0.15, -0.1) is 11.8 Å². The first kappa shape index (κ1) is 17.8. The Hall–Kier alpha value is -2.05. The van der Waals surface area contributed by atoms with Gasteiger partial charge in [0.05, 0.1) is 17.0 Å². The molecule has 6 heteroatoms. The highest BCUT2D eigenvalue weighted by Gasteiger charge is 2.13. The maximum absolute atomic E-state index is 12.7. The van der Waals surface area contributed by atoms with Gasteiger partial charge in [0.25, 0.3) is 5.91 Å². The summed E-state index contributed by atoms with van der Waals surface area (Å²) in [5, 5.41) is 6.88. The van der Waals surface area contributed by atoms with Crippen molar-refractivity contribution in [3.63, 3.8) is 0 Å². The first-order valence-electron chi connectivity index (χ1n) is 7.74. The Balaban J connectivity index is 1.76. The van der Waals surface area contributed by atoms with Crippen molar-refractivity contribution in [3.8, 4) is 0 Å². The second-order valence-electron chi connectivity index (χ2n) is 5.63. The molecule has 25 heavy (non-hydrogen) atoms. The molecule has 0 atom stereocenters. The molecule has 128 valence electrons. The zero-order valence-electron chi connectivity index (χ0n) is 13.9. The molecule has 1 aromatic heterocycles. The lowest BCUT2D eigenvalue weighted by Crippen LogP contribution is -2.13. The summed E-state index contributed by atoms with van der Waals surface area (Å²) in [6.45, 7) is 3.85. The summed E-state index contributed by atoms with van der Waals surface area (Å²) in [5.41, 5.74) is 3.31. The number of thioether (sulfide) groups is 1. The molecule has 4 nitrogen and oxygen atoms in total. The van der Waals surface area contributed by atoms with Crippen molar-refractivity contribution in [2.45, 2.75) is 24.5 Å². The molecule has 1 amide bonds. The number of amides is 1. The standard InChI is InChI=1S/C19H17BrN2O2S/c1-12-9-14(20)7-8-17(12)21-19(23)16-5-3-4-6-18(16)25-11-15-10-13(2)22-24-15/h3-10H,11H2,1-2H3,(H,21,23). The van der Waals surface area contributed by atoms with E-state index >= 15 is 0 Å². The van der Waals surface area contributed by atoms with Gasteiger partial charge in [0.2, 0.25) is 0 Å². The van der Waals surface area contributed by atoms with Crippen LogP contribution in [0.1, 0.15) is 27.4 Å². The number of nitrogens with zero attached hydrogens (tertiary/aromatic N) is 1. The molecule has 3 aromatic rings. The summed E-state index contributed by atoms with van der Waals surface area (Å²) in [6.07, 6.45) is 0. The fourth-order valence-corrected chi connectivity index (χ4v) is 3.77. The smallest absolute Gasteiger partial charge is 0.256 e. The topological polar surface area (TPSA) is 55.1 Å². The fourth-order valence-electron chi connectivity index (χ4n) is 2.37. The minimum atomic E-state index is -0.123. The van der Waals surface area contributed by atoms with Gasteiger partial charge in [-0.05, 0) is 49.7 Å². The Kier molecular flexibility index (Phi) is 5.60. The number of carbonyl (C=O) groups excluding carboxylic acids is 1. The van der Waals surface area contributed by atoms with Crippen molar-refractivity contribution >= 4 is 39.3 Å². The molecule has 0 fully saturated rings. The number of aryl methyl sites for hydroxylation is 2. The van der Waals surface area contributed by atoms with Crippen LogP contribution in [0.4, 0.5) is 5.69 Å². The van der Waals surface area contributed by atoms with Gasteiger partial charge in [-0.2, -0.15) is 0 Å². The molecule has 0 unspecified atom stereocenters. The molecule has 1 N–H and O–H groups in total. The third-order valence-electron chi connectivity index (χ3n) is 3.62. The summed E-state index contributed by atoms with van der Waals surface area (Å²) in [5.74, 6) is 1.30. The Morgan fingerprint density at radius 1 is 1.20 bits per heavy atom.